The van der Waals surface area contributed by atoms with Crippen LogP contribution in [0.25, 0.3) is 0 Å². The number of fused-ring (bicyclic) bond motifs is 7. The lowest BCUT2D eigenvalue weighted by Crippen LogP contribution is -2.57. The van der Waals surface area contributed by atoms with Crippen molar-refractivity contribution in [3.8, 4) is 0 Å². The molecule has 2 saturated heterocycles. The van der Waals surface area contributed by atoms with Gasteiger partial charge in [0.05, 0.1) is 12.2 Å². The van der Waals surface area contributed by atoms with E-state index in [0.29, 0.717) is 22.9 Å². The Labute approximate surface area is 184 Å². The van der Waals surface area contributed by atoms with Gasteiger partial charge in [0.15, 0.2) is 0 Å². The Bertz CT molecular complexity index is 686. The molecule has 4 saturated carbocycles. The maximum atomic E-state index is 10.3. The second-order valence-electron chi connectivity index (χ2n) is 13.3. The van der Waals surface area contributed by atoms with Gasteiger partial charge in [-0.1, -0.05) is 27.7 Å². The molecule has 2 heterocycles. The predicted octanol–water partition coefficient (Wildman–Crippen LogP) is 5.37. The highest BCUT2D eigenvalue weighted by Gasteiger charge is 2.68. The summed E-state index contributed by atoms with van der Waals surface area (Å²) >= 11 is 0. The summed E-state index contributed by atoms with van der Waals surface area (Å²) < 4.78 is 7.01. The lowest BCUT2D eigenvalue weighted by atomic mass is 9.44. The van der Waals surface area contributed by atoms with Crippen molar-refractivity contribution in [3.05, 3.63) is 0 Å². The van der Waals surface area contributed by atoms with E-state index >= 15 is 0 Å². The van der Waals surface area contributed by atoms with Crippen LogP contribution in [0, 0.1) is 52.3 Å². The van der Waals surface area contributed by atoms with Crippen LogP contribution in [0.5, 0.6) is 0 Å². The monoisotopic (exact) mass is 415 g/mol. The van der Waals surface area contributed by atoms with Crippen molar-refractivity contribution in [2.24, 2.45) is 52.3 Å². The van der Waals surface area contributed by atoms with E-state index in [0.717, 1.165) is 54.9 Å². The summed E-state index contributed by atoms with van der Waals surface area (Å²) in [7, 11) is 0. The van der Waals surface area contributed by atoms with Crippen molar-refractivity contribution >= 4 is 0 Å². The summed E-state index contributed by atoms with van der Waals surface area (Å²) in [6.45, 7) is 11.3. The first-order chi connectivity index (χ1) is 14.3. The van der Waals surface area contributed by atoms with Crippen LogP contribution in [0.15, 0.2) is 0 Å². The Kier molecular flexibility index (Phi) is 4.58. The molecule has 2 aliphatic heterocycles. The molecular weight excluding hydrogens is 370 g/mol. The van der Waals surface area contributed by atoms with Gasteiger partial charge in [0.25, 0.3) is 0 Å². The van der Waals surface area contributed by atoms with Crippen LogP contribution in [0.4, 0.5) is 0 Å². The molecule has 1 spiro atoms. The molecule has 0 radical (unpaired) electrons. The van der Waals surface area contributed by atoms with E-state index in [1.807, 2.05) is 0 Å². The first-order valence-corrected chi connectivity index (χ1v) is 13.4. The van der Waals surface area contributed by atoms with Crippen LogP contribution < -0.4 is 5.32 Å². The smallest absolute Gasteiger partial charge is 0.122 e. The third-order valence-electron chi connectivity index (χ3n) is 12.1. The number of nitrogens with one attached hydrogen (secondary N) is 1. The average molecular weight is 416 g/mol. The molecule has 2 N–H and O–H groups in total. The van der Waals surface area contributed by atoms with Gasteiger partial charge in [0.1, 0.15) is 5.72 Å². The number of rotatable bonds is 0. The normalized spacial score (nSPS) is 62.5. The fraction of sp³-hybridized carbons (Fsp3) is 1.00. The van der Waals surface area contributed by atoms with Crippen molar-refractivity contribution < 1.29 is 9.84 Å². The van der Waals surface area contributed by atoms with Gasteiger partial charge in [0, 0.05) is 12.5 Å². The van der Waals surface area contributed by atoms with Gasteiger partial charge in [-0.3, -0.25) is 5.32 Å². The lowest BCUT2D eigenvalue weighted by molar-refractivity contribution is -0.140. The highest BCUT2D eigenvalue weighted by Crippen LogP contribution is 2.71. The van der Waals surface area contributed by atoms with Crippen LogP contribution in [-0.4, -0.2) is 29.6 Å². The first kappa shape index (κ1) is 20.5. The predicted molar refractivity (Wildman–Crippen MR) is 120 cm³/mol. The summed E-state index contributed by atoms with van der Waals surface area (Å²) in [5, 5.41) is 14.2. The van der Waals surface area contributed by atoms with Crippen LogP contribution in [0.3, 0.4) is 0 Å². The maximum Gasteiger partial charge on any atom is 0.122 e. The quantitative estimate of drug-likeness (QED) is 0.559. The molecule has 30 heavy (non-hydrogen) atoms. The zero-order valence-electron chi connectivity index (χ0n) is 19.8. The molecule has 0 aromatic heterocycles. The number of hydrogen-bond acceptors (Lipinski definition) is 3. The van der Waals surface area contributed by atoms with E-state index in [2.05, 4.69) is 33.0 Å². The molecule has 6 rings (SSSR count). The van der Waals surface area contributed by atoms with Gasteiger partial charge in [-0.05, 0) is 111 Å². The molecular formula is C27H45NO2. The van der Waals surface area contributed by atoms with E-state index in [4.69, 9.17) is 4.74 Å². The Morgan fingerprint density at radius 2 is 1.67 bits per heavy atom. The summed E-state index contributed by atoms with van der Waals surface area (Å²) in [4.78, 5) is 0. The summed E-state index contributed by atoms with van der Waals surface area (Å²) in [6, 6.07) is 0. The summed E-state index contributed by atoms with van der Waals surface area (Å²) in [5.74, 6) is 5.57. The number of aliphatic hydroxyl groups is 1. The molecule has 0 aromatic carbocycles. The summed E-state index contributed by atoms with van der Waals surface area (Å²) in [5.41, 5.74) is 0.919. The van der Waals surface area contributed by atoms with E-state index < -0.39 is 0 Å². The van der Waals surface area contributed by atoms with Crippen LogP contribution in [0.1, 0.15) is 91.9 Å². The highest BCUT2D eigenvalue weighted by atomic mass is 16.5. The van der Waals surface area contributed by atoms with Crippen LogP contribution in [-0.2, 0) is 4.74 Å². The topological polar surface area (TPSA) is 41.5 Å². The average Bonchev–Trinajstić information content (AvgIpc) is 3.16. The van der Waals surface area contributed by atoms with Gasteiger partial charge in [-0.25, -0.2) is 0 Å². The van der Waals surface area contributed by atoms with Gasteiger partial charge < -0.3 is 9.84 Å². The van der Waals surface area contributed by atoms with E-state index in [1.165, 1.54) is 51.4 Å². The third kappa shape index (κ3) is 2.61. The number of aliphatic hydroxyl groups excluding tert-OH is 1. The highest BCUT2D eigenvalue weighted by molar-refractivity contribution is 5.16. The van der Waals surface area contributed by atoms with E-state index in [1.54, 1.807) is 0 Å². The van der Waals surface area contributed by atoms with Crippen molar-refractivity contribution in [1.29, 1.82) is 0 Å². The second kappa shape index (κ2) is 6.70. The molecule has 0 aromatic rings. The fourth-order valence-electron chi connectivity index (χ4n) is 10.4. The third-order valence-corrected chi connectivity index (χ3v) is 12.1. The molecule has 170 valence electrons. The molecule has 3 nitrogen and oxygen atoms in total. The lowest BCUT2D eigenvalue weighted by Gasteiger charge is -2.61. The Morgan fingerprint density at radius 3 is 2.43 bits per heavy atom. The van der Waals surface area contributed by atoms with Crippen LogP contribution >= 0.6 is 0 Å². The van der Waals surface area contributed by atoms with Crippen molar-refractivity contribution in [1.82, 2.24) is 5.32 Å². The van der Waals surface area contributed by atoms with E-state index in [9.17, 15) is 5.11 Å². The van der Waals surface area contributed by atoms with Gasteiger partial charge in [-0.15, -0.1) is 0 Å². The standard InChI is InChI=1S/C27H45NO2/c1-16-7-12-27(28-15-16)17(2)24-23(30-27)14-22-20-6-5-18-13-19(29)8-10-25(18,3)21(20)9-11-26(22,24)4/h16-24,28-29H,5-15H2,1-4H3/t16-,17+,18+,19+,20+,21-,22-,23+,24+,25+,26+,27+/m1/s1. The minimum Gasteiger partial charge on any atom is -0.393 e. The Morgan fingerprint density at radius 1 is 0.867 bits per heavy atom. The number of hydrogen-bond donors (Lipinski definition) is 2. The van der Waals surface area contributed by atoms with Crippen molar-refractivity contribution in [2.45, 2.75) is 110 Å². The number of ether oxygens (including phenoxy) is 1. The molecule has 0 amide bonds. The van der Waals surface area contributed by atoms with E-state index in [-0.39, 0.29) is 11.8 Å². The molecule has 6 fully saturated rings. The molecule has 6 aliphatic rings. The molecule has 0 bridgehead atoms. The second-order valence-corrected chi connectivity index (χ2v) is 13.3. The number of piperidine rings is 1. The maximum absolute atomic E-state index is 10.3. The first-order valence-electron chi connectivity index (χ1n) is 13.4. The van der Waals surface area contributed by atoms with Gasteiger partial charge >= 0.3 is 0 Å². The van der Waals surface area contributed by atoms with Gasteiger partial charge in [0.2, 0.25) is 0 Å². The Balaban J connectivity index is 1.26. The van der Waals surface area contributed by atoms with Crippen molar-refractivity contribution in [3.63, 3.8) is 0 Å². The molecule has 0 unspecified atom stereocenters. The minimum atomic E-state index is -0.0320. The van der Waals surface area contributed by atoms with Crippen molar-refractivity contribution in [2.75, 3.05) is 6.54 Å². The Hall–Kier alpha value is -0.120. The fourth-order valence-corrected chi connectivity index (χ4v) is 10.4. The minimum absolute atomic E-state index is 0.0319. The zero-order valence-corrected chi connectivity index (χ0v) is 19.8. The van der Waals surface area contributed by atoms with Crippen LogP contribution in [0.2, 0.25) is 0 Å². The zero-order chi connectivity index (χ0) is 20.9. The molecule has 4 aliphatic carbocycles. The molecule has 12 atom stereocenters. The largest absolute Gasteiger partial charge is 0.393 e. The SMILES string of the molecule is C[C@@H]1CC[C@]2(NC1)O[C@H]1C[C@@H]3[C@H]4CC[C@H]5C[C@@H](O)CC[C@]5(C)[C@@H]4CC[C@]3(C)[C@H]1[C@@H]2C. The van der Waals surface area contributed by atoms with Gasteiger partial charge in [-0.2, -0.15) is 0 Å². The summed E-state index contributed by atoms with van der Waals surface area (Å²) in [6.07, 6.45) is 13.2. The molecule has 3 heteroatoms.